The predicted molar refractivity (Wildman–Crippen MR) is 102 cm³/mol. The maximum absolute atomic E-state index is 12.8. The average molecular weight is 357 g/mol. The van der Waals surface area contributed by atoms with Crippen molar-refractivity contribution in [3.05, 3.63) is 70.7 Å². The second-order valence-corrected chi connectivity index (χ2v) is 7.32. The average Bonchev–Trinajstić information content (AvgIpc) is 2.64. The number of carbonyl (C=O) groups is 1. The summed E-state index contributed by atoms with van der Waals surface area (Å²) in [5, 5.41) is 0.762. The molecule has 1 amide bonds. The number of likely N-dealkylation sites (tertiary alicyclic amines) is 1. The van der Waals surface area contributed by atoms with Crippen molar-refractivity contribution < 1.29 is 4.79 Å². The van der Waals surface area contributed by atoms with Gasteiger partial charge in [0.1, 0.15) is 0 Å². The van der Waals surface area contributed by atoms with Gasteiger partial charge in [0.15, 0.2) is 0 Å². The van der Waals surface area contributed by atoms with Crippen LogP contribution in [-0.4, -0.2) is 35.8 Å². The third kappa shape index (κ3) is 5.07. The second-order valence-electron chi connectivity index (χ2n) is 6.88. The minimum atomic E-state index is 0.0924. The van der Waals surface area contributed by atoms with Crippen LogP contribution in [-0.2, 0) is 17.9 Å². The van der Waals surface area contributed by atoms with E-state index in [1.54, 1.807) is 0 Å². The van der Waals surface area contributed by atoms with Gasteiger partial charge in [-0.15, -0.1) is 0 Å². The van der Waals surface area contributed by atoms with Crippen LogP contribution in [0.5, 0.6) is 0 Å². The number of halogens is 1. The Morgan fingerprint density at radius 3 is 2.56 bits per heavy atom. The van der Waals surface area contributed by atoms with Crippen LogP contribution >= 0.6 is 11.6 Å². The number of rotatable bonds is 5. The van der Waals surface area contributed by atoms with Crippen LogP contribution in [0.4, 0.5) is 0 Å². The fourth-order valence-corrected chi connectivity index (χ4v) is 3.62. The highest BCUT2D eigenvalue weighted by Gasteiger charge is 2.27. The Morgan fingerprint density at radius 2 is 1.84 bits per heavy atom. The Balaban J connectivity index is 1.56. The lowest BCUT2D eigenvalue weighted by Crippen LogP contribution is -2.43. The summed E-state index contributed by atoms with van der Waals surface area (Å²) < 4.78 is 0. The highest BCUT2D eigenvalue weighted by molar-refractivity contribution is 6.30. The van der Waals surface area contributed by atoms with Gasteiger partial charge in [0.25, 0.3) is 0 Å². The molecule has 3 nitrogen and oxygen atoms in total. The quantitative estimate of drug-likeness (QED) is 0.801. The van der Waals surface area contributed by atoms with Crippen LogP contribution in [0.2, 0.25) is 5.02 Å². The Bertz CT molecular complexity index is 687. The van der Waals surface area contributed by atoms with Crippen LogP contribution in [0.15, 0.2) is 54.6 Å². The number of carbonyl (C=O) groups excluding carboxylic acids is 1. The van der Waals surface area contributed by atoms with Gasteiger partial charge in [-0.3, -0.25) is 9.69 Å². The molecule has 2 aromatic rings. The number of hydrogen-bond acceptors (Lipinski definition) is 2. The van der Waals surface area contributed by atoms with Gasteiger partial charge in [0.2, 0.25) is 5.91 Å². The van der Waals surface area contributed by atoms with Gasteiger partial charge < -0.3 is 4.90 Å². The monoisotopic (exact) mass is 356 g/mol. The number of hydrogen-bond donors (Lipinski definition) is 0. The molecule has 0 saturated carbocycles. The van der Waals surface area contributed by atoms with Crippen molar-refractivity contribution in [1.29, 1.82) is 0 Å². The molecule has 1 atom stereocenters. The van der Waals surface area contributed by atoms with Gasteiger partial charge in [-0.2, -0.15) is 0 Å². The maximum atomic E-state index is 12.8. The van der Waals surface area contributed by atoms with Crippen LogP contribution in [0, 0.1) is 5.92 Å². The fraction of sp³-hybridized carbons (Fsp3) is 0.381. The van der Waals surface area contributed by atoms with E-state index in [1.807, 2.05) is 42.3 Å². The van der Waals surface area contributed by atoms with E-state index in [-0.39, 0.29) is 11.8 Å². The minimum Gasteiger partial charge on any atom is -0.341 e. The van der Waals surface area contributed by atoms with Crippen molar-refractivity contribution in [1.82, 2.24) is 9.80 Å². The first-order valence-corrected chi connectivity index (χ1v) is 9.25. The summed E-state index contributed by atoms with van der Waals surface area (Å²) in [5.74, 6) is 0.347. The Kier molecular flexibility index (Phi) is 6.11. The van der Waals surface area contributed by atoms with E-state index in [9.17, 15) is 4.79 Å². The molecule has 1 fully saturated rings. The molecule has 1 heterocycles. The van der Waals surface area contributed by atoms with E-state index in [2.05, 4.69) is 29.2 Å². The highest BCUT2D eigenvalue weighted by Crippen LogP contribution is 2.21. The lowest BCUT2D eigenvalue weighted by atomic mass is 9.96. The van der Waals surface area contributed by atoms with Gasteiger partial charge in [0.05, 0.1) is 5.92 Å². The lowest BCUT2D eigenvalue weighted by molar-refractivity contribution is -0.136. The van der Waals surface area contributed by atoms with Gasteiger partial charge in [-0.1, -0.05) is 54.1 Å². The van der Waals surface area contributed by atoms with E-state index >= 15 is 0 Å². The summed E-state index contributed by atoms with van der Waals surface area (Å²) in [6.07, 6.45) is 2.05. The molecule has 0 bridgehead atoms. The Hall–Kier alpha value is -1.84. The third-order valence-electron chi connectivity index (χ3n) is 4.81. The maximum Gasteiger partial charge on any atom is 0.227 e. The molecule has 1 aliphatic heterocycles. The molecular formula is C21H25ClN2O. The Labute approximate surface area is 155 Å². The smallest absolute Gasteiger partial charge is 0.227 e. The van der Waals surface area contributed by atoms with E-state index < -0.39 is 0 Å². The number of benzene rings is 2. The van der Waals surface area contributed by atoms with Gasteiger partial charge in [0, 0.05) is 31.7 Å². The first-order chi connectivity index (χ1) is 12.1. The molecule has 1 unspecified atom stereocenters. The molecule has 4 heteroatoms. The van der Waals surface area contributed by atoms with Crippen molar-refractivity contribution in [2.24, 2.45) is 5.92 Å². The van der Waals surface area contributed by atoms with Crippen molar-refractivity contribution in [2.45, 2.75) is 25.9 Å². The highest BCUT2D eigenvalue weighted by atomic mass is 35.5. The van der Waals surface area contributed by atoms with E-state index in [0.717, 1.165) is 37.5 Å². The van der Waals surface area contributed by atoms with E-state index in [4.69, 9.17) is 11.6 Å². The Morgan fingerprint density at radius 1 is 1.12 bits per heavy atom. The molecule has 3 rings (SSSR count). The first-order valence-electron chi connectivity index (χ1n) is 8.87. The van der Waals surface area contributed by atoms with Crippen LogP contribution in [0.3, 0.4) is 0 Å². The van der Waals surface area contributed by atoms with Crippen LogP contribution in [0.1, 0.15) is 24.0 Å². The molecule has 1 saturated heterocycles. The number of amides is 1. The van der Waals surface area contributed by atoms with Crippen LogP contribution < -0.4 is 0 Å². The van der Waals surface area contributed by atoms with Gasteiger partial charge in [-0.05, 0) is 42.6 Å². The number of piperidine rings is 1. The van der Waals surface area contributed by atoms with E-state index in [1.165, 1.54) is 11.1 Å². The molecule has 25 heavy (non-hydrogen) atoms. The molecule has 0 aromatic heterocycles. The molecule has 0 spiro atoms. The molecule has 2 aromatic carbocycles. The standard InChI is InChI=1S/C21H25ClN2O/c1-23(14-17-6-3-2-4-7-17)21(25)19-8-5-13-24(16-19)15-18-9-11-20(22)12-10-18/h2-4,6-7,9-12,19H,5,8,13-16H2,1H3. The van der Waals surface area contributed by atoms with Crippen molar-refractivity contribution in [3.8, 4) is 0 Å². The number of nitrogens with zero attached hydrogens (tertiary/aromatic N) is 2. The molecule has 0 aliphatic carbocycles. The summed E-state index contributed by atoms with van der Waals surface area (Å²) in [4.78, 5) is 17.1. The van der Waals surface area contributed by atoms with Crippen LogP contribution in [0.25, 0.3) is 0 Å². The minimum absolute atomic E-state index is 0.0924. The van der Waals surface area contributed by atoms with Crippen molar-refractivity contribution >= 4 is 17.5 Å². The van der Waals surface area contributed by atoms with Crippen molar-refractivity contribution in [3.63, 3.8) is 0 Å². The SMILES string of the molecule is CN(Cc1ccccc1)C(=O)C1CCCN(Cc2ccc(Cl)cc2)C1. The topological polar surface area (TPSA) is 23.6 Å². The van der Waals surface area contributed by atoms with Gasteiger partial charge >= 0.3 is 0 Å². The zero-order chi connectivity index (χ0) is 17.6. The zero-order valence-corrected chi connectivity index (χ0v) is 15.5. The molecule has 0 N–H and O–H groups in total. The summed E-state index contributed by atoms with van der Waals surface area (Å²) in [5.41, 5.74) is 2.42. The lowest BCUT2D eigenvalue weighted by Gasteiger charge is -2.34. The second kappa shape index (κ2) is 8.50. The third-order valence-corrected chi connectivity index (χ3v) is 5.06. The predicted octanol–water partition coefficient (Wildman–Crippen LogP) is 4.21. The van der Waals surface area contributed by atoms with Gasteiger partial charge in [-0.25, -0.2) is 0 Å². The first kappa shape index (κ1) is 18.0. The summed E-state index contributed by atoms with van der Waals surface area (Å²) in [6, 6.07) is 18.2. The summed E-state index contributed by atoms with van der Waals surface area (Å²) in [7, 11) is 1.91. The molecule has 1 aliphatic rings. The zero-order valence-electron chi connectivity index (χ0n) is 14.7. The summed E-state index contributed by atoms with van der Waals surface area (Å²) in [6.45, 7) is 3.44. The van der Waals surface area contributed by atoms with E-state index in [0.29, 0.717) is 6.54 Å². The summed E-state index contributed by atoms with van der Waals surface area (Å²) >= 11 is 5.96. The largest absolute Gasteiger partial charge is 0.341 e. The molecule has 0 radical (unpaired) electrons. The fourth-order valence-electron chi connectivity index (χ4n) is 3.50. The normalized spacial score (nSPS) is 18.1. The molecule has 132 valence electrons. The van der Waals surface area contributed by atoms with Crippen molar-refractivity contribution in [2.75, 3.05) is 20.1 Å². The molecular weight excluding hydrogens is 332 g/mol.